The topological polar surface area (TPSA) is 52.6 Å². The van der Waals surface area contributed by atoms with E-state index in [0.29, 0.717) is 26.1 Å². The van der Waals surface area contributed by atoms with Crippen molar-refractivity contribution in [3.63, 3.8) is 0 Å². The van der Waals surface area contributed by atoms with Crippen molar-refractivity contribution < 1.29 is 19.1 Å². The van der Waals surface area contributed by atoms with Gasteiger partial charge in [-0.15, -0.1) is 0 Å². The molecule has 26 heavy (non-hydrogen) atoms. The second-order valence-corrected chi connectivity index (χ2v) is 6.36. The zero-order valence-corrected chi connectivity index (χ0v) is 17.7. The van der Waals surface area contributed by atoms with E-state index in [2.05, 4.69) is 27.7 Å². The van der Waals surface area contributed by atoms with E-state index in [1.807, 2.05) is 13.8 Å². The van der Waals surface area contributed by atoms with Gasteiger partial charge in [-0.2, -0.15) is 0 Å². The molecule has 150 valence electrons. The van der Waals surface area contributed by atoms with Crippen LogP contribution in [0.5, 0.6) is 0 Å². The molecule has 0 bridgehead atoms. The van der Waals surface area contributed by atoms with Gasteiger partial charge in [-0.05, 0) is 50.7 Å². The van der Waals surface area contributed by atoms with Gasteiger partial charge < -0.3 is 9.47 Å². The standard InChI is InChI=1S/C22H38O4/c1-7-13-17(19(15-9-3)21(23)25-11-5)18(14-8-2)20(16-10-4)22(24)26-12-6/h7-16H2,1-6H3/b19-17+,20-18+. The molecule has 0 aliphatic carbocycles. The van der Waals surface area contributed by atoms with Crippen LogP contribution in [-0.2, 0) is 19.1 Å². The Bertz CT molecular complexity index is 454. The lowest BCUT2D eigenvalue weighted by molar-refractivity contribution is -0.139. The number of ether oxygens (including phenoxy) is 2. The molecular formula is C22H38O4. The SMILES string of the molecule is CCC/C(C(=O)OCC)=C(CCC)\C(CCC)=C(/CCC)C(=O)OCC. The molecule has 0 aromatic carbocycles. The van der Waals surface area contributed by atoms with Crippen LogP contribution in [0.1, 0.15) is 92.9 Å². The predicted molar refractivity (Wildman–Crippen MR) is 107 cm³/mol. The fourth-order valence-electron chi connectivity index (χ4n) is 3.16. The summed E-state index contributed by atoms with van der Waals surface area (Å²) in [4.78, 5) is 25.2. The third-order valence-corrected chi connectivity index (χ3v) is 4.14. The Morgan fingerprint density at radius 1 is 0.500 bits per heavy atom. The Labute approximate surface area is 160 Å². The molecule has 0 aliphatic heterocycles. The number of carbonyl (C=O) groups excluding carboxylic acids is 2. The maximum atomic E-state index is 12.6. The van der Waals surface area contributed by atoms with Crippen LogP contribution in [0, 0.1) is 0 Å². The molecule has 0 heterocycles. The molecule has 0 saturated carbocycles. The van der Waals surface area contributed by atoms with Crippen molar-refractivity contribution in [2.75, 3.05) is 13.2 Å². The van der Waals surface area contributed by atoms with E-state index in [9.17, 15) is 9.59 Å². The second-order valence-electron chi connectivity index (χ2n) is 6.36. The van der Waals surface area contributed by atoms with E-state index in [0.717, 1.165) is 60.8 Å². The first-order valence-electron chi connectivity index (χ1n) is 10.3. The summed E-state index contributed by atoms with van der Waals surface area (Å²) in [7, 11) is 0. The lowest BCUT2D eigenvalue weighted by Gasteiger charge is -2.20. The highest BCUT2D eigenvalue weighted by atomic mass is 16.5. The fourth-order valence-corrected chi connectivity index (χ4v) is 3.16. The number of hydrogen-bond acceptors (Lipinski definition) is 4. The quantitative estimate of drug-likeness (QED) is 0.231. The van der Waals surface area contributed by atoms with Crippen molar-refractivity contribution in [1.29, 1.82) is 0 Å². The number of hydrogen-bond donors (Lipinski definition) is 0. The largest absolute Gasteiger partial charge is 0.463 e. The van der Waals surface area contributed by atoms with Crippen molar-refractivity contribution >= 4 is 11.9 Å². The highest BCUT2D eigenvalue weighted by Gasteiger charge is 2.23. The monoisotopic (exact) mass is 366 g/mol. The Kier molecular flexibility index (Phi) is 13.7. The van der Waals surface area contributed by atoms with Gasteiger partial charge in [0, 0.05) is 11.1 Å². The van der Waals surface area contributed by atoms with Crippen LogP contribution in [0.15, 0.2) is 22.3 Å². The summed E-state index contributed by atoms with van der Waals surface area (Å²) in [6.07, 6.45) is 6.45. The van der Waals surface area contributed by atoms with E-state index in [1.165, 1.54) is 0 Å². The van der Waals surface area contributed by atoms with Gasteiger partial charge >= 0.3 is 11.9 Å². The summed E-state index contributed by atoms with van der Waals surface area (Å²) in [5, 5.41) is 0. The molecule has 0 radical (unpaired) electrons. The lowest BCUT2D eigenvalue weighted by Crippen LogP contribution is -2.16. The smallest absolute Gasteiger partial charge is 0.334 e. The van der Waals surface area contributed by atoms with Crippen molar-refractivity contribution in [2.45, 2.75) is 92.9 Å². The Hall–Kier alpha value is -1.58. The van der Waals surface area contributed by atoms with Crippen molar-refractivity contribution in [3.05, 3.63) is 22.3 Å². The molecule has 0 unspecified atom stereocenters. The van der Waals surface area contributed by atoms with Crippen molar-refractivity contribution in [1.82, 2.24) is 0 Å². The minimum atomic E-state index is -0.244. The first-order valence-corrected chi connectivity index (χ1v) is 10.3. The van der Waals surface area contributed by atoms with Gasteiger partial charge in [0.25, 0.3) is 0 Å². The zero-order chi connectivity index (χ0) is 19.9. The molecule has 0 aromatic rings. The normalized spacial score (nSPS) is 13.0. The number of allylic oxidation sites excluding steroid dienone is 2. The summed E-state index contributed by atoms with van der Waals surface area (Å²) in [6.45, 7) is 12.7. The Morgan fingerprint density at radius 3 is 1.00 bits per heavy atom. The highest BCUT2D eigenvalue weighted by Crippen LogP contribution is 2.32. The minimum Gasteiger partial charge on any atom is -0.463 e. The average molecular weight is 367 g/mol. The van der Waals surface area contributed by atoms with Gasteiger partial charge in [-0.25, -0.2) is 9.59 Å². The van der Waals surface area contributed by atoms with Crippen molar-refractivity contribution in [2.24, 2.45) is 0 Å². The fraction of sp³-hybridized carbons (Fsp3) is 0.727. The molecule has 0 fully saturated rings. The molecule has 0 amide bonds. The first kappa shape index (κ1) is 24.4. The van der Waals surface area contributed by atoms with Gasteiger partial charge in [0.05, 0.1) is 13.2 Å². The van der Waals surface area contributed by atoms with E-state index < -0.39 is 0 Å². The third kappa shape index (κ3) is 7.76. The molecule has 4 heteroatoms. The van der Waals surface area contributed by atoms with Gasteiger partial charge in [0.15, 0.2) is 0 Å². The Morgan fingerprint density at radius 2 is 0.769 bits per heavy atom. The van der Waals surface area contributed by atoms with Crippen LogP contribution in [-0.4, -0.2) is 25.2 Å². The predicted octanol–water partition coefficient (Wildman–Crippen LogP) is 5.91. The number of carbonyl (C=O) groups is 2. The van der Waals surface area contributed by atoms with Crippen LogP contribution < -0.4 is 0 Å². The molecule has 0 atom stereocenters. The molecule has 0 spiro atoms. The lowest BCUT2D eigenvalue weighted by atomic mass is 9.86. The summed E-state index contributed by atoms with van der Waals surface area (Å²) in [5.74, 6) is -0.489. The van der Waals surface area contributed by atoms with E-state index in [4.69, 9.17) is 9.47 Å². The maximum absolute atomic E-state index is 12.6. The minimum absolute atomic E-state index is 0.244. The maximum Gasteiger partial charge on any atom is 0.334 e. The number of rotatable bonds is 13. The molecule has 0 aromatic heterocycles. The third-order valence-electron chi connectivity index (χ3n) is 4.14. The van der Waals surface area contributed by atoms with E-state index >= 15 is 0 Å². The van der Waals surface area contributed by atoms with Gasteiger partial charge in [-0.3, -0.25) is 0 Å². The van der Waals surface area contributed by atoms with Crippen LogP contribution in [0.4, 0.5) is 0 Å². The second kappa shape index (κ2) is 14.6. The molecule has 4 nitrogen and oxygen atoms in total. The Balaban J connectivity index is 6.53. The molecular weight excluding hydrogens is 328 g/mol. The highest BCUT2D eigenvalue weighted by molar-refractivity contribution is 5.93. The molecule has 0 rings (SSSR count). The summed E-state index contributed by atoms with van der Waals surface area (Å²) in [5.41, 5.74) is 3.48. The van der Waals surface area contributed by atoms with Gasteiger partial charge in [0.2, 0.25) is 0 Å². The number of esters is 2. The molecule has 0 saturated heterocycles. The van der Waals surface area contributed by atoms with Crippen LogP contribution in [0.25, 0.3) is 0 Å². The summed E-state index contributed by atoms with van der Waals surface area (Å²) in [6, 6.07) is 0. The van der Waals surface area contributed by atoms with Crippen LogP contribution >= 0.6 is 0 Å². The van der Waals surface area contributed by atoms with Gasteiger partial charge in [-0.1, -0.05) is 53.4 Å². The van der Waals surface area contributed by atoms with Gasteiger partial charge in [0.1, 0.15) is 0 Å². The van der Waals surface area contributed by atoms with Crippen LogP contribution in [0.2, 0.25) is 0 Å². The summed E-state index contributed by atoms with van der Waals surface area (Å²) < 4.78 is 10.6. The van der Waals surface area contributed by atoms with Crippen LogP contribution in [0.3, 0.4) is 0 Å². The van der Waals surface area contributed by atoms with E-state index in [1.54, 1.807) is 0 Å². The average Bonchev–Trinajstić information content (AvgIpc) is 2.61. The van der Waals surface area contributed by atoms with E-state index in [-0.39, 0.29) is 11.9 Å². The zero-order valence-electron chi connectivity index (χ0n) is 17.7. The summed E-state index contributed by atoms with van der Waals surface area (Å²) >= 11 is 0. The molecule has 0 N–H and O–H groups in total. The molecule has 0 aliphatic rings. The first-order chi connectivity index (χ1) is 12.5. The van der Waals surface area contributed by atoms with Crippen molar-refractivity contribution in [3.8, 4) is 0 Å².